The van der Waals surface area contributed by atoms with Crippen molar-refractivity contribution in [2.75, 3.05) is 6.61 Å². The minimum atomic E-state index is -1.27. The second-order valence-electron chi connectivity index (χ2n) is 18.8. The fourth-order valence-electron chi connectivity index (χ4n) is 14.8. The maximum atomic E-state index is 12.8. The summed E-state index contributed by atoms with van der Waals surface area (Å²) in [6.45, 7) is 15.8. The SMILES string of the molecule is C[C@@H]1C[C@H]2O[C@@]3(C[C@@H]2C(C)(C)O)[C@H](O)[C@@]2(C)[C@@H]4CC[C@H]5C(C)(C)[C@@H](O[C@@H]6OC[C@H](O)[C@H](O)[C@H]6O)CC[C@@]56C[C@@]46CC[C@]2(C)[C@@H]13. The second kappa shape index (κ2) is 9.02. The quantitative estimate of drug-likeness (QED) is 0.303. The summed E-state index contributed by atoms with van der Waals surface area (Å²) in [5.74, 6) is 1.69. The third kappa shape index (κ3) is 3.39. The smallest absolute Gasteiger partial charge is 0.186 e. The van der Waals surface area contributed by atoms with Crippen LogP contribution in [0.25, 0.3) is 0 Å². The number of fused-ring (bicyclic) bond motifs is 4. The zero-order valence-corrected chi connectivity index (χ0v) is 28.0. The molecule has 5 aliphatic carbocycles. The Balaban J connectivity index is 1.10. The molecule has 3 spiro atoms. The van der Waals surface area contributed by atoms with Gasteiger partial charge < -0.3 is 39.7 Å². The van der Waals surface area contributed by atoms with Gasteiger partial charge in [0.05, 0.1) is 36.1 Å². The number of ether oxygens (including phenoxy) is 3. The highest BCUT2D eigenvalue weighted by molar-refractivity contribution is 5.35. The number of rotatable bonds is 3. The first-order valence-corrected chi connectivity index (χ1v) is 17.8. The Morgan fingerprint density at radius 1 is 0.864 bits per heavy atom. The monoisotopic (exact) mass is 618 g/mol. The van der Waals surface area contributed by atoms with Crippen LogP contribution in [0.5, 0.6) is 0 Å². The number of aliphatic hydroxyl groups is 5. The van der Waals surface area contributed by atoms with E-state index in [2.05, 4.69) is 34.6 Å². The topological polar surface area (TPSA) is 129 Å². The largest absolute Gasteiger partial charge is 0.390 e. The molecule has 0 amide bonds. The molecule has 5 saturated carbocycles. The summed E-state index contributed by atoms with van der Waals surface area (Å²) in [6, 6.07) is 0. The zero-order chi connectivity index (χ0) is 31.6. The van der Waals surface area contributed by atoms with Crippen molar-refractivity contribution in [2.45, 2.75) is 160 Å². The summed E-state index contributed by atoms with van der Waals surface area (Å²) >= 11 is 0. The van der Waals surface area contributed by atoms with Crippen molar-refractivity contribution in [3.05, 3.63) is 0 Å². The van der Waals surface area contributed by atoms with Gasteiger partial charge in [-0.2, -0.15) is 0 Å². The molecule has 0 radical (unpaired) electrons. The molecule has 2 bridgehead atoms. The Bertz CT molecular complexity index is 1200. The van der Waals surface area contributed by atoms with Crippen molar-refractivity contribution in [2.24, 2.45) is 56.7 Å². The van der Waals surface area contributed by atoms with Crippen molar-refractivity contribution in [1.29, 1.82) is 0 Å². The predicted octanol–water partition coefficient (Wildman–Crippen LogP) is 3.79. The first kappa shape index (κ1) is 31.0. The van der Waals surface area contributed by atoms with E-state index >= 15 is 0 Å². The van der Waals surface area contributed by atoms with Crippen molar-refractivity contribution in [1.82, 2.24) is 0 Å². The molecule has 17 atom stereocenters. The van der Waals surface area contributed by atoms with Crippen LogP contribution in [0.15, 0.2) is 0 Å². The lowest BCUT2D eigenvalue weighted by atomic mass is 9.41. The van der Waals surface area contributed by atoms with Crippen molar-refractivity contribution >= 4 is 0 Å². The molecule has 0 aromatic rings. The summed E-state index contributed by atoms with van der Waals surface area (Å²) in [5.41, 5.74) is -1.38. The van der Waals surface area contributed by atoms with E-state index in [0.717, 1.165) is 44.9 Å². The molecule has 44 heavy (non-hydrogen) atoms. The summed E-state index contributed by atoms with van der Waals surface area (Å²) in [6.07, 6.45) is 4.17. The normalized spacial score (nSPS) is 62.2. The summed E-state index contributed by atoms with van der Waals surface area (Å²) in [7, 11) is 0. The molecule has 8 fully saturated rings. The molecule has 0 aromatic heterocycles. The molecule has 250 valence electrons. The fourth-order valence-corrected chi connectivity index (χ4v) is 14.8. The van der Waals surface area contributed by atoms with Crippen LogP contribution in [0, 0.1) is 56.7 Å². The molecular formula is C36H58O8. The number of hydrogen-bond donors (Lipinski definition) is 5. The standard InChI is InChI=1S/C36H58O8/c1-18-14-21-19(31(4,5)41)15-36(44-21)27(18)32(6)12-13-35-17-34(35)11-10-24(43-28-26(39)25(38)20(37)16-42-28)30(2,3)22(34)8-9-23(35)33(32,7)29(36)40/h18-29,37-41H,8-17H2,1-7H3/t18-,19+,20+,21-,22+,23+,24+,25+,26-,27-,28+,29-,32-,33-,34-,35+,36-/m1/s1. The Morgan fingerprint density at radius 3 is 2.25 bits per heavy atom. The van der Waals surface area contributed by atoms with E-state index in [1.165, 1.54) is 12.8 Å². The van der Waals surface area contributed by atoms with E-state index in [1.807, 2.05) is 13.8 Å². The minimum absolute atomic E-state index is 0.00679. The van der Waals surface area contributed by atoms with E-state index < -0.39 is 41.9 Å². The van der Waals surface area contributed by atoms with Crippen LogP contribution in [-0.4, -0.2) is 86.3 Å². The van der Waals surface area contributed by atoms with Gasteiger partial charge in [-0.15, -0.1) is 0 Å². The fraction of sp³-hybridized carbons (Fsp3) is 1.00. The molecule has 0 unspecified atom stereocenters. The highest BCUT2D eigenvalue weighted by Gasteiger charge is 2.87. The Kier molecular flexibility index (Phi) is 6.35. The lowest BCUT2D eigenvalue weighted by molar-refractivity contribution is -0.303. The van der Waals surface area contributed by atoms with Gasteiger partial charge in [-0.05, 0) is 117 Å². The number of hydrogen-bond acceptors (Lipinski definition) is 8. The van der Waals surface area contributed by atoms with Gasteiger partial charge in [-0.1, -0.05) is 34.6 Å². The van der Waals surface area contributed by atoms with Gasteiger partial charge >= 0.3 is 0 Å². The van der Waals surface area contributed by atoms with Gasteiger partial charge in [0.25, 0.3) is 0 Å². The molecule has 8 nitrogen and oxygen atoms in total. The second-order valence-corrected chi connectivity index (χ2v) is 18.8. The van der Waals surface area contributed by atoms with Crippen molar-refractivity contribution in [3.63, 3.8) is 0 Å². The van der Waals surface area contributed by atoms with Gasteiger partial charge in [0, 0.05) is 11.3 Å². The molecular weight excluding hydrogens is 560 g/mol. The number of aliphatic hydroxyl groups excluding tert-OH is 4. The van der Waals surface area contributed by atoms with Gasteiger partial charge in [0.15, 0.2) is 6.29 Å². The average molecular weight is 619 g/mol. The Labute approximate surface area is 263 Å². The van der Waals surface area contributed by atoms with E-state index in [9.17, 15) is 25.5 Å². The molecule has 0 aromatic carbocycles. The van der Waals surface area contributed by atoms with Gasteiger partial charge in [0.2, 0.25) is 0 Å². The lowest BCUT2D eigenvalue weighted by Crippen LogP contribution is -2.61. The molecule has 3 aliphatic heterocycles. The van der Waals surface area contributed by atoms with Crippen LogP contribution in [0.1, 0.15) is 106 Å². The van der Waals surface area contributed by atoms with Gasteiger partial charge in [-0.25, -0.2) is 0 Å². The first-order chi connectivity index (χ1) is 20.4. The van der Waals surface area contributed by atoms with E-state index in [1.54, 1.807) is 0 Å². The van der Waals surface area contributed by atoms with E-state index in [0.29, 0.717) is 23.7 Å². The van der Waals surface area contributed by atoms with E-state index in [-0.39, 0.29) is 51.8 Å². The highest BCUT2D eigenvalue weighted by Crippen LogP contribution is 2.90. The summed E-state index contributed by atoms with van der Waals surface area (Å²) in [4.78, 5) is 0. The molecule has 8 aliphatic rings. The van der Waals surface area contributed by atoms with Crippen LogP contribution in [0.3, 0.4) is 0 Å². The predicted molar refractivity (Wildman–Crippen MR) is 162 cm³/mol. The lowest BCUT2D eigenvalue weighted by Gasteiger charge is -2.64. The van der Waals surface area contributed by atoms with Crippen LogP contribution in [0.4, 0.5) is 0 Å². The minimum Gasteiger partial charge on any atom is -0.390 e. The maximum absolute atomic E-state index is 12.8. The molecule has 8 rings (SSSR count). The van der Waals surface area contributed by atoms with E-state index in [4.69, 9.17) is 14.2 Å². The van der Waals surface area contributed by atoms with Crippen molar-refractivity contribution < 1.29 is 39.7 Å². The first-order valence-electron chi connectivity index (χ1n) is 17.8. The summed E-state index contributed by atoms with van der Waals surface area (Å²) in [5, 5.41) is 54.8. The van der Waals surface area contributed by atoms with Crippen LogP contribution >= 0.6 is 0 Å². The molecule has 5 N–H and O–H groups in total. The third-order valence-corrected chi connectivity index (χ3v) is 16.6. The van der Waals surface area contributed by atoms with Gasteiger partial charge in [0.1, 0.15) is 18.3 Å². The third-order valence-electron chi connectivity index (χ3n) is 16.6. The molecule has 3 heterocycles. The zero-order valence-electron chi connectivity index (χ0n) is 28.0. The van der Waals surface area contributed by atoms with Crippen LogP contribution in [0.2, 0.25) is 0 Å². The Morgan fingerprint density at radius 2 is 1.55 bits per heavy atom. The maximum Gasteiger partial charge on any atom is 0.186 e. The Hall–Kier alpha value is -0.320. The van der Waals surface area contributed by atoms with Crippen LogP contribution in [-0.2, 0) is 14.2 Å². The highest BCUT2D eigenvalue weighted by atomic mass is 16.7. The van der Waals surface area contributed by atoms with Gasteiger partial charge in [-0.3, -0.25) is 0 Å². The summed E-state index contributed by atoms with van der Waals surface area (Å²) < 4.78 is 19.2. The molecule has 3 saturated heterocycles. The molecule has 8 heteroatoms. The average Bonchev–Trinajstić information content (AvgIpc) is 3.45. The van der Waals surface area contributed by atoms with Crippen LogP contribution < -0.4 is 0 Å². The van der Waals surface area contributed by atoms with Crippen molar-refractivity contribution in [3.8, 4) is 0 Å².